The number of aromatic nitrogens is 5. The van der Waals surface area contributed by atoms with Gasteiger partial charge in [-0.2, -0.15) is 4.68 Å². The maximum absolute atomic E-state index is 12.1. The van der Waals surface area contributed by atoms with Crippen LogP contribution in [0.4, 0.5) is 5.69 Å². The number of pyridine rings is 2. The number of hydrogen-bond donors (Lipinski definition) is 2. The first kappa shape index (κ1) is 15.5. The lowest BCUT2D eigenvalue weighted by molar-refractivity contribution is 0.342. The molecule has 24 heavy (non-hydrogen) atoms. The van der Waals surface area contributed by atoms with Crippen molar-refractivity contribution in [1.29, 1.82) is 0 Å². The van der Waals surface area contributed by atoms with Gasteiger partial charge in [0.2, 0.25) is 0 Å². The molecular formula is C15H15N6O3. The molecule has 3 aromatic rings. The minimum Gasteiger partial charge on any atom is -0.491 e. The van der Waals surface area contributed by atoms with E-state index in [0.717, 1.165) is 4.68 Å². The van der Waals surface area contributed by atoms with Crippen LogP contribution in [0.1, 0.15) is 11.4 Å². The third-order valence-electron chi connectivity index (χ3n) is 3.21. The number of hydrogen-bond acceptors (Lipinski definition) is 7. The Labute approximate surface area is 137 Å². The van der Waals surface area contributed by atoms with E-state index in [1.807, 2.05) is 0 Å². The number of nitrogens with two attached hydrogens (primary N) is 1. The Hall–Kier alpha value is -3.36. The van der Waals surface area contributed by atoms with Crippen LogP contribution in [0.2, 0.25) is 0 Å². The number of nitrogen functional groups attached to an aromatic ring is 1. The number of rotatable bonds is 5. The van der Waals surface area contributed by atoms with Crippen molar-refractivity contribution in [3.05, 3.63) is 58.9 Å². The van der Waals surface area contributed by atoms with Crippen molar-refractivity contribution in [3.63, 3.8) is 0 Å². The first-order chi connectivity index (χ1) is 11.6. The number of nitrogens with one attached hydrogen (secondary N) is 1. The molecule has 0 aliphatic heterocycles. The minimum absolute atomic E-state index is 0.267. The van der Waals surface area contributed by atoms with E-state index >= 15 is 0 Å². The summed E-state index contributed by atoms with van der Waals surface area (Å²) in [4.78, 5) is 22.9. The van der Waals surface area contributed by atoms with Crippen LogP contribution in [0.3, 0.4) is 0 Å². The van der Waals surface area contributed by atoms with E-state index in [2.05, 4.69) is 20.1 Å². The number of aromatic amines is 1. The third kappa shape index (κ3) is 2.91. The predicted molar refractivity (Wildman–Crippen MR) is 86.2 cm³/mol. The molecule has 9 heteroatoms. The number of H-pyrrole nitrogens is 1. The smallest absolute Gasteiger partial charge is 0.349 e. The second-order valence-electron chi connectivity index (χ2n) is 4.77. The first-order valence-corrected chi connectivity index (χ1v) is 6.95. The highest BCUT2D eigenvalue weighted by Gasteiger charge is 2.13. The van der Waals surface area contributed by atoms with Crippen LogP contribution in [0.5, 0.6) is 11.6 Å². The van der Waals surface area contributed by atoms with Gasteiger partial charge in [-0.1, -0.05) is 0 Å². The number of ether oxygens (including phenoxy) is 2. The molecule has 0 bridgehead atoms. The molecule has 0 amide bonds. The number of methoxy groups -OCH3 is 2. The largest absolute Gasteiger partial charge is 0.491 e. The zero-order chi connectivity index (χ0) is 17.1. The Morgan fingerprint density at radius 1 is 1.29 bits per heavy atom. The van der Waals surface area contributed by atoms with Crippen molar-refractivity contribution in [2.75, 3.05) is 20.0 Å². The van der Waals surface area contributed by atoms with Crippen LogP contribution in [-0.2, 0) is 0 Å². The van der Waals surface area contributed by atoms with Gasteiger partial charge in [-0.3, -0.25) is 4.98 Å². The standard InChI is InChI=1S/C15H15N6O3/c1-23-11-6-9(8-18-14(11)24-2)7-12-19-15(22)21(20-12)13-10(16)4-3-5-17-13/h3-8H,16H2,1-2H3,(H,19,20,22). The molecular weight excluding hydrogens is 312 g/mol. The summed E-state index contributed by atoms with van der Waals surface area (Å²) in [6.07, 6.45) is 4.76. The monoisotopic (exact) mass is 327 g/mol. The van der Waals surface area contributed by atoms with Crippen molar-refractivity contribution in [1.82, 2.24) is 24.7 Å². The van der Waals surface area contributed by atoms with Gasteiger partial charge in [0.1, 0.15) is 5.82 Å². The van der Waals surface area contributed by atoms with Gasteiger partial charge in [0.05, 0.1) is 26.3 Å². The molecule has 0 aliphatic rings. The molecule has 9 nitrogen and oxygen atoms in total. The van der Waals surface area contributed by atoms with Crippen LogP contribution < -0.4 is 20.9 Å². The van der Waals surface area contributed by atoms with E-state index in [1.165, 1.54) is 20.4 Å². The molecule has 0 saturated carbocycles. The molecule has 0 aromatic carbocycles. The molecule has 0 aliphatic carbocycles. The molecule has 3 heterocycles. The Morgan fingerprint density at radius 2 is 2.12 bits per heavy atom. The second kappa shape index (κ2) is 6.41. The molecule has 0 spiro atoms. The van der Waals surface area contributed by atoms with E-state index in [4.69, 9.17) is 15.2 Å². The van der Waals surface area contributed by atoms with Crippen molar-refractivity contribution in [3.8, 4) is 17.4 Å². The Kier molecular flexibility index (Phi) is 4.15. The van der Waals surface area contributed by atoms with E-state index in [9.17, 15) is 4.79 Å². The van der Waals surface area contributed by atoms with Gasteiger partial charge in [0, 0.05) is 12.4 Å². The van der Waals surface area contributed by atoms with Gasteiger partial charge >= 0.3 is 5.69 Å². The normalized spacial score (nSPS) is 10.6. The van der Waals surface area contributed by atoms with Crippen LogP contribution in [-0.4, -0.2) is 39.0 Å². The maximum Gasteiger partial charge on any atom is 0.349 e. The van der Waals surface area contributed by atoms with Crippen LogP contribution in [0.15, 0.2) is 35.4 Å². The van der Waals surface area contributed by atoms with Crippen molar-refractivity contribution in [2.45, 2.75) is 0 Å². The number of anilines is 1. The van der Waals surface area contributed by atoms with E-state index < -0.39 is 5.69 Å². The molecule has 3 N–H and O–H groups in total. The molecule has 3 rings (SSSR count). The van der Waals surface area contributed by atoms with Crippen LogP contribution in [0, 0.1) is 6.42 Å². The summed E-state index contributed by atoms with van der Waals surface area (Å²) < 4.78 is 11.4. The highest BCUT2D eigenvalue weighted by atomic mass is 16.5. The lowest BCUT2D eigenvalue weighted by atomic mass is 10.2. The van der Waals surface area contributed by atoms with Gasteiger partial charge < -0.3 is 15.2 Å². The highest BCUT2D eigenvalue weighted by molar-refractivity contribution is 5.51. The zero-order valence-corrected chi connectivity index (χ0v) is 13.1. The van der Waals surface area contributed by atoms with Gasteiger partial charge in [-0.25, -0.2) is 14.8 Å². The van der Waals surface area contributed by atoms with Crippen molar-refractivity contribution >= 4 is 5.69 Å². The van der Waals surface area contributed by atoms with E-state index in [1.54, 1.807) is 30.8 Å². The SMILES string of the molecule is COc1cc([CH]c2nn(-c3ncccc3N)c(=O)[nH]2)cnc1OC. The zero-order valence-electron chi connectivity index (χ0n) is 13.1. The van der Waals surface area contributed by atoms with Crippen molar-refractivity contribution < 1.29 is 9.47 Å². The minimum atomic E-state index is -0.444. The Morgan fingerprint density at radius 3 is 2.83 bits per heavy atom. The summed E-state index contributed by atoms with van der Waals surface area (Å²) in [6.45, 7) is 0. The van der Waals surface area contributed by atoms with Gasteiger partial charge in [0.25, 0.3) is 5.88 Å². The lowest BCUT2D eigenvalue weighted by Crippen LogP contribution is -2.18. The fourth-order valence-electron chi connectivity index (χ4n) is 2.12. The molecule has 1 radical (unpaired) electrons. The Bertz CT molecular complexity index is 918. The van der Waals surface area contributed by atoms with Crippen molar-refractivity contribution in [2.24, 2.45) is 0 Å². The fourth-order valence-corrected chi connectivity index (χ4v) is 2.12. The first-order valence-electron chi connectivity index (χ1n) is 6.95. The Balaban J connectivity index is 1.91. The van der Waals surface area contributed by atoms with Gasteiger partial charge in [-0.15, -0.1) is 5.10 Å². The molecule has 0 unspecified atom stereocenters. The molecule has 3 aromatic heterocycles. The molecule has 0 saturated heterocycles. The highest BCUT2D eigenvalue weighted by Crippen LogP contribution is 2.25. The topological polar surface area (TPSA) is 121 Å². The number of nitrogens with zero attached hydrogens (tertiary/aromatic N) is 4. The summed E-state index contributed by atoms with van der Waals surface area (Å²) >= 11 is 0. The molecule has 0 atom stereocenters. The fraction of sp³-hybridized carbons (Fsp3) is 0.133. The summed E-state index contributed by atoms with van der Waals surface area (Å²) in [5.74, 6) is 1.44. The molecule has 0 fully saturated rings. The van der Waals surface area contributed by atoms with Gasteiger partial charge in [0.15, 0.2) is 11.6 Å². The maximum atomic E-state index is 12.1. The van der Waals surface area contributed by atoms with E-state index in [0.29, 0.717) is 28.7 Å². The average Bonchev–Trinajstić information content (AvgIpc) is 2.95. The van der Waals surface area contributed by atoms with Gasteiger partial charge in [-0.05, 0) is 23.8 Å². The quantitative estimate of drug-likeness (QED) is 0.702. The average molecular weight is 327 g/mol. The summed E-state index contributed by atoms with van der Waals surface area (Å²) in [6, 6.07) is 5.04. The summed E-state index contributed by atoms with van der Waals surface area (Å²) in [5, 5.41) is 4.18. The summed E-state index contributed by atoms with van der Waals surface area (Å²) in [7, 11) is 3.02. The molecule has 123 valence electrons. The summed E-state index contributed by atoms with van der Waals surface area (Å²) in [5.41, 5.74) is 6.42. The predicted octanol–water partition coefficient (Wildman–Crippen LogP) is 0.551. The van der Waals surface area contributed by atoms with E-state index in [-0.39, 0.29) is 5.82 Å². The second-order valence-corrected chi connectivity index (χ2v) is 4.77. The third-order valence-corrected chi connectivity index (χ3v) is 3.21. The van der Waals surface area contributed by atoms with Crippen LogP contribution in [0.25, 0.3) is 5.82 Å². The lowest BCUT2D eigenvalue weighted by Gasteiger charge is -2.07. The van der Waals surface area contributed by atoms with Crippen LogP contribution >= 0.6 is 0 Å².